The summed E-state index contributed by atoms with van der Waals surface area (Å²) < 4.78 is 62.0. The highest BCUT2D eigenvalue weighted by atomic mass is 35.5. The van der Waals surface area contributed by atoms with Crippen LogP contribution in [0.1, 0.15) is 5.56 Å². The SMILES string of the molecule is Cc1ccc(NS(=O)(=O)c2ccc(NC(=O)C3CN(S(=O)(=O)c4ccc(Cl)cc4)c4ccccc4O3)cc2)cc1. The Kier molecular flexibility index (Phi) is 7.45. The number of hydrogen-bond acceptors (Lipinski definition) is 6. The highest BCUT2D eigenvalue weighted by Crippen LogP contribution is 2.37. The van der Waals surface area contributed by atoms with Crippen LogP contribution in [-0.2, 0) is 24.8 Å². The van der Waals surface area contributed by atoms with Crippen molar-refractivity contribution in [2.24, 2.45) is 0 Å². The molecule has 1 amide bonds. The van der Waals surface area contributed by atoms with Crippen molar-refractivity contribution in [1.82, 2.24) is 0 Å². The maximum atomic E-state index is 13.5. The molecule has 206 valence electrons. The van der Waals surface area contributed by atoms with Gasteiger partial charge >= 0.3 is 0 Å². The summed E-state index contributed by atoms with van der Waals surface area (Å²) in [6.07, 6.45) is -1.18. The first-order valence-electron chi connectivity index (χ1n) is 12.1. The molecule has 9 nitrogen and oxygen atoms in total. The zero-order valence-corrected chi connectivity index (χ0v) is 23.5. The number of amides is 1. The van der Waals surface area contributed by atoms with Crippen molar-refractivity contribution >= 4 is 54.6 Å². The second-order valence-corrected chi connectivity index (χ2v) is 13.0. The number of benzene rings is 4. The summed E-state index contributed by atoms with van der Waals surface area (Å²) in [5.41, 5.74) is 2.04. The minimum atomic E-state index is -4.04. The van der Waals surface area contributed by atoms with Crippen LogP contribution in [0.25, 0.3) is 0 Å². The molecule has 0 fully saturated rings. The fraction of sp³-hybridized carbons (Fsp3) is 0.107. The standard InChI is InChI=1S/C28H24ClN3O6S2/c1-19-6-10-22(11-7-19)31-39(34,35)23-16-12-21(13-17-23)30-28(33)27-18-32(25-4-2-3-5-26(25)38-27)40(36,37)24-14-8-20(29)9-15-24/h2-17,27,31H,18H2,1H3,(H,30,33). The van der Waals surface area contributed by atoms with E-state index < -0.39 is 32.1 Å². The molecule has 0 saturated carbocycles. The van der Waals surface area contributed by atoms with E-state index in [0.29, 0.717) is 22.1 Å². The maximum Gasteiger partial charge on any atom is 0.267 e. The van der Waals surface area contributed by atoms with E-state index in [4.69, 9.17) is 16.3 Å². The Labute approximate surface area is 237 Å². The largest absolute Gasteiger partial charge is 0.476 e. The van der Waals surface area contributed by atoms with E-state index in [-0.39, 0.29) is 22.1 Å². The smallest absolute Gasteiger partial charge is 0.267 e. The lowest BCUT2D eigenvalue weighted by molar-refractivity contribution is -0.122. The molecule has 1 heterocycles. The summed E-state index contributed by atoms with van der Waals surface area (Å²) in [4.78, 5) is 13.2. The van der Waals surface area contributed by atoms with Gasteiger partial charge in [0.25, 0.3) is 26.0 Å². The number of nitrogens with zero attached hydrogens (tertiary/aromatic N) is 1. The van der Waals surface area contributed by atoms with Crippen LogP contribution < -0.4 is 19.1 Å². The van der Waals surface area contributed by atoms with E-state index in [2.05, 4.69) is 10.0 Å². The molecular formula is C28H24ClN3O6S2. The Bertz CT molecular complexity index is 1760. The van der Waals surface area contributed by atoms with Gasteiger partial charge in [-0.05, 0) is 79.7 Å². The zero-order chi connectivity index (χ0) is 28.5. The number of carbonyl (C=O) groups is 1. The molecule has 0 aliphatic carbocycles. The van der Waals surface area contributed by atoms with E-state index in [9.17, 15) is 21.6 Å². The normalized spacial score (nSPS) is 15.1. The third kappa shape index (κ3) is 5.76. The number of halogens is 1. The summed E-state index contributed by atoms with van der Waals surface area (Å²) >= 11 is 5.93. The number of sulfonamides is 2. The minimum Gasteiger partial charge on any atom is -0.476 e. The number of carbonyl (C=O) groups excluding carboxylic acids is 1. The molecule has 4 aromatic rings. The van der Waals surface area contributed by atoms with Crippen LogP contribution in [0.3, 0.4) is 0 Å². The van der Waals surface area contributed by atoms with E-state index in [0.717, 1.165) is 9.87 Å². The molecular weight excluding hydrogens is 574 g/mol. The Balaban J connectivity index is 1.33. The van der Waals surface area contributed by atoms with Gasteiger partial charge in [0.1, 0.15) is 5.75 Å². The molecule has 1 unspecified atom stereocenters. The van der Waals surface area contributed by atoms with Crippen molar-refractivity contribution in [3.8, 4) is 5.75 Å². The zero-order valence-electron chi connectivity index (χ0n) is 21.1. The second kappa shape index (κ2) is 10.8. The molecule has 1 aliphatic rings. The van der Waals surface area contributed by atoms with Crippen molar-refractivity contribution < 1.29 is 26.4 Å². The quantitative estimate of drug-likeness (QED) is 0.308. The van der Waals surface area contributed by atoms with Gasteiger partial charge in [-0.3, -0.25) is 13.8 Å². The molecule has 1 atom stereocenters. The second-order valence-electron chi connectivity index (χ2n) is 9.05. The third-order valence-corrected chi connectivity index (χ3v) is 9.61. The van der Waals surface area contributed by atoms with Gasteiger partial charge in [-0.1, -0.05) is 41.4 Å². The molecule has 0 saturated heterocycles. The van der Waals surface area contributed by atoms with E-state index in [1.807, 2.05) is 6.92 Å². The summed E-state index contributed by atoms with van der Waals surface area (Å²) in [5.74, 6) is -0.366. The van der Waals surface area contributed by atoms with Crippen molar-refractivity contribution in [3.05, 3.63) is 108 Å². The highest BCUT2D eigenvalue weighted by molar-refractivity contribution is 7.93. The van der Waals surface area contributed by atoms with Gasteiger partial charge in [0, 0.05) is 16.4 Å². The number of rotatable bonds is 7. The lowest BCUT2D eigenvalue weighted by atomic mass is 10.2. The Morgan fingerprint density at radius 2 is 1.43 bits per heavy atom. The average molecular weight is 598 g/mol. The monoisotopic (exact) mass is 597 g/mol. The van der Waals surface area contributed by atoms with E-state index >= 15 is 0 Å². The van der Waals surface area contributed by atoms with Gasteiger partial charge in [0.05, 0.1) is 22.0 Å². The highest BCUT2D eigenvalue weighted by Gasteiger charge is 2.37. The van der Waals surface area contributed by atoms with Crippen LogP contribution in [-0.4, -0.2) is 35.4 Å². The van der Waals surface area contributed by atoms with Gasteiger partial charge < -0.3 is 10.1 Å². The summed E-state index contributed by atoms with van der Waals surface area (Å²) in [6.45, 7) is 1.62. The van der Waals surface area contributed by atoms with Crippen LogP contribution in [0, 0.1) is 6.92 Å². The van der Waals surface area contributed by atoms with Gasteiger partial charge in [-0.25, -0.2) is 16.8 Å². The Hall–Kier alpha value is -4.06. The van der Waals surface area contributed by atoms with Crippen molar-refractivity contribution in [2.75, 3.05) is 20.9 Å². The molecule has 40 heavy (non-hydrogen) atoms. The minimum absolute atomic E-state index is 0.00847. The van der Waals surface area contributed by atoms with E-state index in [1.165, 1.54) is 48.5 Å². The molecule has 1 aliphatic heterocycles. The fourth-order valence-corrected chi connectivity index (χ4v) is 6.74. The average Bonchev–Trinajstić information content (AvgIpc) is 2.94. The van der Waals surface area contributed by atoms with Gasteiger partial charge in [0.15, 0.2) is 6.10 Å². The van der Waals surface area contributed by atoms with E-state index in [1.54, 1.807) is 48.5 Å². The molecule has 0 spiro atoms. The first-order chi connectivity index (χ1) is 19.0. The number of fused-ring (bicyclic) bond motifs is 1. The molecule has 12 heteroatoms. The van der Waals surface area contributed by atoms with Crippen LogP contribution in [0.2, 0.25) is 5.02 Å². The lowest BCUT2D eigenvalue weighted by Crippen LogP contribution is -2.48. The molecule has 2 N–H and O–H groups in total. The molecule has 0 bridgehead atoms. The predicted molar refractivity (Wildman–Crippen MR) is 154 cm³/mol. The third-order valence-electron chi connectivity index (χ3n) is 6.16. The molecule has 0 radical (unpaired) electrons. The number of aryl methyl sites for hydroxylation is 1. The Morgan fingerprint density at radius 3 is 2.10 bits per heavy atom. The van der Waals surface area contributed by atoms with Crippen LogP contribution in [0.5, 0.6) is 5.75 Å². The summed E-state index contributed by atoms with van der Waals surface area (Å²) in [6, 6.07) is 24.8. The van der Waals surface area contributed by atoms with Crippen molar-refractivity contribution in [2.45, 2.75) is 22.8 Å². The van der Waals surface area contributed by atoms with Crippen LogP contribution in [0.15, 0.2) is 107 Å². The molecule has 0 aromatic heterocycles. The fourth-order valence-electron chi connectivity index (χ4n) is 4.08. The molecule has 5 rings (SSSR count). The summed E-state index contributed by atoms with van der Waals surface area (Å²) in [5, 5.41) is 3.07. The lowest BCUT2D eigenvalue weighted by Gasteiger charge is -2.34. The Morgan fingerprint density at radius 1 is 0.825 bits per heavy atom. The van der Waals surface area contributed by atoms with Crippen LogP contribution in [0.4, 0.5) is 17.1 Å². The van der Waals surface area contributed by atoms with Gasteiger partial charge in [0.2, 0.25) is 0 Å². The first kappa shape index (κ1) is 27.5. The maximum absolute atomic E-state index is 13.5. The van der Waals surface area contributed by atoms with Gasteiger partial charge in [-0.2, -0.15) is 0 Å². The topological polar surface area (TPSA) is 122 Å². The molecule has 4 aromatic carbocycles. The summed E-state index contributed by atoms with van der Waals surface area (Å²) in [7, 11) is -7.89. The first-order valence-corrected chi connectivity index (χ1v) is 15.4. The van der Waals surface area contributed by atoms with Crippen LogP contribution >= 0.6 is 11.6 Å². The number of nitrogens with one attached hydrogen (secondary N) is 2. The predicted octanol–water partition coefficient (Wildman–Crippen LogP) is 5.04. The van der Waals surface area contributed by atoms with Crippen molar-refractivity contribution in [3.63, 3.8) is 0 Å². The number of anilines is 3. The number of para-hydroxylation sites is 2. The van der Waals surface area contributed by atoms with Gasteiger partial charge in [-0.15, -0.1) is 0 Å². The number of ether oxygens (including phenoxy) is 1. The van der Waals surface area contributed by atoms with Crippen molar-refractivity contribution in [1.29, 1.82) is 0 Å². The number of hydrogen-bond donors (Lipinski definition) is 2.